The maximum atomic E-state index is 4.29. The molecule has 20 heavy (non-hydrogen) atoms. The Hall–Kier alpha value is -1.94. The predicted octanol–water partition coefficient (Wildman–Crippen LogP) is 2.99. The fourth-order valence-corrected chi connectivity index (χ4v) is 1.90. The van der Waals surface area contributed by atoms with E-state index in [0.29, 0.717) is 5.92 Å². The van der Waals surface area contributed by atoms with Gasteiger partial charge in [0.1, 0.15) is 0 Å². The summed E-state index contributed by atoms with van der Waals surface area (Å²) in [6, 6.07) is 14.2. The van der Waals surface area contributed by atoms with E-state index >= 15 is 0 Å². The van der Waals surface area contributed by atoms with Crippen LogP contribution in [0.15, 0.2) is 42.5 Å². The standard InChI is InChI=1S/C16H22N4/c1-13(2)11-17-12-14-9-10-16(19-18-14)20(3)15-7-5-4-6-8-15/h4-10,13,17H,11-12H2,1-3H3. The van der Waals surface area contributed by atoms with Gasteiger partial charge >= 0.3 is 0 Å². The van der Waals surface area contributed by atoms with Crippen molar-refractivity contribution in [1.29, 1.82) is 0 Å². The van der Waals surface area contributed by atoms with Crippen LogP contribution in [0.4, 0.5) is 11.5 Å². The molecule has 0 saturated carbocycles. The minimum Gasteiger partial charge on any atom is -0.328 e. The van der Waals surface area contributed by atoms with E-state index in [0.717, 1.165) is 30.3 Å². The fourth-order valence-electron chi connectivity index (χ4n) is 1.90. The average Bonchev–Trinajstić information content (AvgIpc) is 2.48. The predicted molar refractivity (Wildman–Crippen MR) is 83.1 cm³/mol. The molecule has 1 heterocycles. The minimum absolute atomic E-state index is 0.645. The van der Waals surface area contributed by atoms with Crippen LogP contribution in [-0.4, -0.2) is 23.8 Å². The summed E-state index contributed by atoms with van der Waals surface area (Å²) in [5, 5.41) is 11.9. The van der Waals surface area contributed by atoms with Crippen molar-refractivity contribution in [2.45, 2.75) is 20.4 Å². The number of rotatable bonds is 6. The molecule has 0 spiro atoms. The highest BCUT2D eigenvalue weighted by molar-refractivity contribution is 5.58. The first kappa shape index (κ1) is 14.5. The summed E-state index contributed by atoms with van der Waals surface area (Å²) in [6.07, 6.45) is 0. The maximum Gasteiger partial charge on any atom is 0.155 e. The van der Waals surface area contributed by atoms with Crippen molar-refractivity contribution < 1.29 is 0 Å². The minimum atomic E-state index is 0.645. The Balaban J connectivity index is 1.97. The molecule has 0 aliphatic rings. The zero-order chi connectivity index (χ0) is 14.4. The Bertz CT molecular complexity index is 508. The van der Waals surface area contributed by atoms with Gasteiger partial charge in [-0.25, -0.2) is 0 Å². The molecule has 0 unspecified atom stereocenters. The van der Waals surface area contributed by atoms with E-state index in [9.17, 15) is 0 Å². The van der Waals surface area contributed by atoms with Gasteiger partial charge in [-0.2, -0.15) is 5.10 Å². The average molecular weight is 270 g/mol. The lowest BCUT2D eigenvalue weighted by atomic mass is 10.2. The molecular weight excluding hydrogens is 248 g/mol. The number of hydrogen-bond donors (Lipinski definition) is 1. The fraction of sp³-hybridized carbons (Fsp3) is 0.375. The van der Waals surface area contributed by atoms with Gasteiger partial charge in [-0.15, -0.1) is 5.10 Å². The molecule has 0 aliphatic heterocycles. The SMILES string of the molecule is CC(C)CNCc1ccc(N(C)c2ccccc2)nn1. The lowest BCUT2D eigenvalue weighted by Crippen LogP contribution is -2.20. The third kappa shape index (κ3) is 4.03. The van der Waals surface area contributed by atoms with E-state index in [1.165, 1.54) is 0 Å². The molecule has 106 valence electrons. The van der Waals surface area contributed by atoms with E-state index < -0.39 is 0 Å². The molecule has 0 amide bonds. The van der Waals surface area contributed by atoms with Crippen LogP contribution in [0.1, 0.15) is 19.5 Å². The zero-order valence-corrected chi connectivity index (χ0v) is 12.4. The van der Waals surface area contributed by atoms with Crippen molar-refractivity contribution in [3.8, 4) is 0 Å². The summed E-state index contributed by atoms with van der Waals surface area (Å²) in [5.41, 5.74) is 2.07. The third-order valence-electron chi connectivity index (χ3n) is 3.05. The number of para-hydroxylation sites is 1. The Morgan fingerprint density at radius 3 is 2.40 bits per heavy atom. The quantitative estimate of drug-likeness (QED) is 0.876. The van der Waals surface area contributed by atoms with Crippen LogP contribution in [-0.2, 0) is 6.54 Å². The highest BCUT2D eigenvalue weighted by atomic mass is 15.2. The van der Waals surface area contributed by atoms with Crippen LogP contribution in [0.2, 0.25) is 0 Å². The molecule has 0 atom stereocenters. The molecule has 4 heteroatoms. The summed E-state index contributed by atoms with van der Waals surface area (Å²) in [7, 11) is 2.00. The van der Waals surface area contributed by atoms with Gasteiger partial charge in [0.05, 0.1) is 5.69 Å². The number of hydrogen-bond acceptors (Lipinski definition) is 4. The van der Waals surface area contributed by atoms with Crippen molar-refractivity contribution >= 4 is 11.5 Å². The van der Waals surface area contributed by atoms with Gasteiger partial charge in [0, 0.05) is 19.3 Å². The molecule has 2 aromatic rings. The first-order valence-electron chi connectivity index (χ1n) is 6.99. The summed E-state index contributed by atoms with van der Waals surface area (Å²) >= 11 is 0. The largest absolute Gasteiger partial charge is 0.328 e. The topological polar surface area (TPSA) is 41.0 Å². The normalized spacial score (nSPS) is 10.8. The second-order valence-electron chi connectivity index (χ2n) is 5.30. The molecule has 1 aromatic heterocycles. The summed E-state index contributed by atoms with van der Waals surface area (Å²) in [5.74, 6) is 1.50. The maximum absolute atomic E-state index is 4.29. The van der Waals surface area contributed by atoms with Crippen molar-refractivity contribution in [2.24, 2.45) is 5.92 Å². The van der Waals surface area contributed by atoms with Crippen LogP contribution in [0.3, 0.4) is 0 Å². The first-order valence-corrected chi connectivity index (χ1v) is 6.99. The molecule has 0 aliphatic carbocycles. The molecule has 0 bridgehead atoms. The van der Waals surface area contributed by atoms with Gasteiger partial charge in [0.15, 0.2) is 5.82 Å². The van der Waals surface area contributed by atoms with Crippen LogP contribution in [0, 0.1) is 5.92 Å². The molecular formula is C16H22N4. The van der Waals surface area contributed by atoms with Crippen molar-refractivity contribution in [1.82, 2.24) is 15.5 Å². The highest BCUT2D eigenvalue weighted by Crippen LogP contribution is 2.19. The molecule has 0 radical (unpaired) electrons. The van der Waals surface area contributed by atoms with Gasteiger partial charge < -0.3 is 10.2 Å². The van der Waals surface area contributed by atoms with Crippen molar-refractivity contribution in [3.05, 3.63) is 48.2 Å². The van der Waals surface area contributed by atoms with Crippen LogP contribution < -0.4 is 10.2 Å². The molecule has 0 fully saturated rings. The van der Waals surface area contributed by atoms with E-state index in [2.05, 4.69) is 41.5 Å². The lowest BCUT2D eigenvalue weighted by Gasteiger charge is -2.17. The second-order valence-corrected chi connectivity index (χ2v) is 5.30. The smallest absolute Gasteiger partial charge is 0.155 e. The first-order chi connectivity index (χ1) is 9.66. The van der Waals surface area contributed by atoms with Crippen LogP contribution >= 0.6 is 0 Å². The molecule has 1 N–H and O–H groups in total. The third-order valence-corrected chi connectivity index (χ3v) is 3.05. The number of benzene rings is 1. The molecule has 4 nitrogen and oxygen atoms in total. The zero-order valence-electron chi connectivity index (χ0n) is 12.4. The Kier molecular flexibility index (Phi) is 5.07. The number of aromatic nitrogens is 2. The highest BCUT2D eigenvalue weighted by Gasteiger charge is 2.05. The lowest BCUT2D eigenvalue weighted by molar-refractivity contribution is 0.546. The molecule has 0 saturated heterocycles. The Labute approximate surface area is 120 Å². The number of nitrogens with zero attached hydrogens (tertiary/aromatic N) is 3. The van der Waals surface area contributed by atoms with Gasteiger partial charge in [-0.3, -0.25) is 0 Å². The van der Waals surface area contributed by atoms with Crippen LogP contribution in [0.25, 0.3) is 0 Å². The molecule has 2 rings (SSSR count). The van der Waals surface area contributed by atoms with Gasteiger partial charge in [0.2, 0.25) is 0 Å². The van der Waals surface area contributed by atoms with Crippen LogP contribution in [0.5, 0.6) is 0 Å². The summed E-state index contributed by atoms with van der Waals surface area (Å²) in [4.78, 5) is 2.03. The van der Waals surface area contributed by atoms with E-state index in [1.54, 1.807) is 0 Å². The second kappa shape index (κ2) is 7.01. The Morgan fingerprint density at radius 2 is 1.80 bits per heavy atom. The monoisotopic (exact) mass is 270 g/mol. The van der Waals surface area contributed by atoms with E-state index in [4.69, 9.17) is 0 Å². The number of anilines is 2. The van der Waals surface area contributed by atoms with E-state index in [-0.39, 0.29) is 0 Å². The Morgan fingerprint density at radius 1 is 1.05 bits per heavy atom. The van der Waals surface area contributed by atoms with Crippen molar-refractivity contribution in [3.63, 3.8) is 0 Å². The van der Waals surface area contributed by atoms with Gasteiger partial charge in [-0.05, 0) is 36.7 Å². The number of nitrogens with one attached hydrogen (secondary N) is 1. The van der Waals surface area contributed by atoms with Crippen molar-refractivity contribution in [2.75, 3.05) is 18.5 Å². The summed E-state index contributed by atoms with van der Waals surface area (Å²) < 4.78 is 0. The summed E-state index contributed by atoms with van der Waals surface area (Å²) in [6.45, 7) is 6.14. The molecule has 1 aromatic carbocycles. The van der Waals surface area contributed by atoms with Gasteiger partial charge in [0.25, 0.3) is 0 Å². The van der Waals surface area contributed by atoms with E-state index in [1.807, 2.05) is 42.3 Å². The van der Waals surface area contributed by atoms with Gasteiger partial charge in [-0.1, -0.05) is 32.0 Å².